The lowest BCUT2D eigenvalue weighted by Crippen LogP contribution is -2.39. The summed E-state index contributed by atoms with van der Waals surface area (Å²) in [6, 6.07) is 7.93. The minimum absolute atomic E-state index is 0.0246. The Kier molecular flexibility index (Phi) is 6.45. The van der Waals surface area contributed by atoms with E-state index in [0.29, 0.717) is 35.7 Å². The maximum Gasteiger partial charge on any atom is 0.307 e. The summed E-state index contributed by atoms with van der Waals surface area (Å²) in [4.78, 5) is 35.4. The van der Waals surface area contributed by atoms with Crippen LogP contribution in [0.15, 0.2) is 24.3 Å². The average Bonchev–Trinajstić information content (AvgIpc) is 3.00. The topological polar surface area (TPSA) is 96.5 Å². The maximum atomic E-state index is 12.3. The average molecular weight is 373 g/mol. The molecule has 27 heavy (non-hydrogen) atoms. The molecule has 3 N–H and O–H groups in total. The summed E-state index contributed by atoms with van der Waals surface area (Å²) in [5.41, 5.74) is 1.16. The molecule has 2 atom stereocenters. The van der Waals surface area contributed by atoms with Crippen molar-refractivity contribution in [1.29, 1.82) is 0 Å². The summed E-state index contributed by atoms with van der Waals surface area (Å²) in [6.45, 7) is 0.224. The Hall–Kier alpha value is -2.41. The van der Waals surface area contributed by atoms with E-state index in [0.717, 1.165) is 12.8 Å². The zero-order chi connectivity index (χ0) is 19.2. The summed E-state index contributed by atoms with van der Waals surface area (Å²) >= 11 is 0. The third kappa shape index (κ3) is 5.53. The second-order valence-electron chi connectivity index (χ2n) is 7.39. The number of carbonyl (C=O) groups excluding carboxylic acids is 3. The monoisotopic (exact) mass is 373 g/mol. The number of piperidine rings is 1. The zero-order valence-electron chi connectivity index (χ0n) is 15.6. The number of hydrogen-bond acceptors (Lipinski definition) is 5. The first-order valence-electron chi connectivity index (χ1n) is 9.54. The van der Waals surface area contributed by atoms with Gasteiger partial charge in [-0.1, -0.05) is 0 Å². The van der Waals surface area contributed by atoms with Crippen LogP contribution in [-0.2, 0) is 14.3 Å². The van der Waals surface area contributed by atoms with Gasteiger partial charge in [0.15, 0.2) is 0 Å². The van der Waals surface area contributed by atoms with Gasteiger partial charge in [-0.3, -0.25) is 14.4 Å². The molecule has 2 fully saturated rings. The minimum atomic E-state index is -0.366. The Morgan fingerprint density at radius 3 is 2.41 bits per heavy atom. The number of esters is 1. The highest BCUT2D eigenvalue weighted by Gasteiger charge is 2.34. The standard InChI is InChI=1S/C20H27N3O4/c1-27-19(25)8-9-21-20(26)14-2-4-15(5-3-14)23-18(24)12-13-10-16-6-7-17(11-13)22-16/h2-5,13,16-17,22H,6-12H2,1H3,(H,21,26)(H,23,24). The van der Waals surface area contributed by atoms with Gasteiger partial charge in [-0.15, -0.1) is 0 Å². The minimum Gasteiger partial charge on any atom is -0.469 e. The van der Waals surface area contributed by atoms with E-state index in [1.807, 2.05) is 0 Å². The van der Waals surface area contributed by atoms with Crippen LogP contribution in [0.5, 0.6) is 0 Å². The van der Waals surface area contributed by atoms with E-state index in [2.05, 4.69) is 20.7 Å². The SMILES string of the molecule is COC(=O)CCNC(=O)c1ccc(NC(=O)CC2CC3CCC(C2)N3)cc1. The Bertz CT molecular complexity index is 677. The number of ether oxygens (including phenoxy) is 1. The molecule has 1 aromatic rings. The fourth-order valence-corrected chi connectivity index (χ4v) is 4.00. The van der Waals surface area contributed by atoms with Crippen molar-refractivity contribution < 1.29 is 19.1 Å². The number of nitrogens with one attached hydrogen (secondary N) is 3. The second-order valence-corrected chi connectivity index (χ2v) is 7.39. The van der Waals surface area contributed by atoms with Crippen molar-refractivity contribution in [3.05, 3.63) is 29.8 Å². The van der Waals surface area contributed by atoms with E-state index in [-0.39, 0.29) is 30.7 Å². The largest absolute Gasteiger partial charge is 0.469 e. The molecule has 0 spiro atoms. The van der Waals surface area contributed by atoms with Gasteiger partial charge in [0.1, 0.15) is 0 Å². The fourth-order valence-electron chi connectivity index (χ4n) is 4.00. The Morgan fingerprint density at radius 2 is 1.78 bits per heavy atom. The van der Waals surface area contributed by atoms with Crippen molar-refractivity contribution in [1.82, 2.24) is 10.6 Å². The van der Waals surface area contributed by atoms with Gasteiger partial charge in [-0.2, -0.15) is 0 Å². The number of benzene rings is 1. The molecule has 2 amide bonds. The molecule has 0 saturated carbocycles. The number of fused-ring (bicyclic) bond motifs is 2. The summed E-state index contributed by atoms with van der Waals surface area (Å²) in [5, 5.41) is 9.17. The lowest BCUT2D eigenvalue weighted by atomic mass is 9.89. The second kappa shape index (κ2) is 8.99. The molecular weight excluding hydrogens is 346 g/mol. The molecule has 7 nitrogen and oxygen atoms in total. The molecule has 7 heteroatoms. The molecule has 1 aromatic carbocycles. The van der Waals surface area contributed by atoms with Crippen LogP contribution in [0, 0.1) is 5.92 Å². The summed E-state index contributed by atoms with van der Waals surface area (Å²) in [6.07, 6.45) is 5.29. The first-order valence-corrected chi connectivity index (χ1v) is 9.54. The van der Waals surface area contributed by atoms with Gasteiger partial charge in [0, 0.05) is 36.3 Å². The smallest absolute Gasteiger partial charge is 0.307 e. The highest BCUT2D eigenvalue weighted by atomic mass is 16.5. The number of rotatable bonds is 7. The molecule has 2 aliphatic rings. The van der Waals surface area contributed by atoms with Crippen LogP contribution >= 0.6 is 0 Å². The Balaban J connectivity index is 1.43. The molecule has 2 heterocycles. The fraction of sp³-hybridized carbons (Fsp3) is 0.550. The predicted octanol–water partition coefficient (Wildman–Crippen LogP) is 1.84. The van der Waals surface area contributed by atoms with Crippen LogP contribution in [0.3, 0.4) is 0 Å². The predicted molar refractivity (Wildman–Crippen MR) is 101 cm³/mol. The molecule has 146 valence electrons. The van der Waals surface area contributed by atoms with Crippen molar-refractivity contribution in [2.75, 3.05) is 19.0 Å². The molecule has 2 aliphatic heterocycles. The lowest BCUT2D eigenvalue weighted by Gasteiger charge is -2.28. The van der Waals surface area contributed by atoms with Gasteiger partial charge >= 0.3 is 5.97 Å². The number of carbonyl (C=O) groups is 3. The normalized spacial score (nSPS) is 23.5. The van der Waals surface area contributed by atoms with E-state index in [4.69, 9.17) is 0 Å². The third-order valence-electron chi connectivity index (χ3n) is 5.32. The zero-order valence-corrected chi connectivity index (χ0v) is 15.6. The molecule has 0 aromatic heterocycles. The maximum absolute atomic E-state index is 12.3. The third-order valence-corrected chi connectivity index (χ3v) is 5.32. The Labute approximate surface area is 159 Å². The molecule has 0 aliphatic carbocycles. The van der Waals surface area contributed by atoms with E-state index in [9.17, 15) is 14.4 Å². The van der Waals surface area contributed by atoms with Crippen molar-refractivity contribution in [3.8, 4) is 0 Å². The number of hydrogen-bond donors (Lipinski definition) is 3. The van der Waals surface area contributed by atoms with Crippen molar-refractivity contribution in [2.24, 2.45) is 5.92 Å². The highest BCUT2D eigenvalue weighted by molar-refractivity contribution is 5.96. The summed E-state index contributed by atoms with van der Waals surface area (Å²) in [7, 11) is 1.31. The lowest BCUT2D eigenvalue weighted by molar-refractivity contribution is -0.140. The summed E-state index contributed by atoms with van der Waals surface area (Å²) < 4.78 is 4.53. The van der Waals surface area contributed by atoms with Crippen molar-refractivity contribution in [2.45, 2.75) is 50.6 Å². The molecule has 0 radical (unpaired) electrons. The van der Waals surface area contributed by atoms with Crippen LogP contribution < -0.4 is 16.0 Å². The first-order chi connectivity index (χ1) is 13.0. The molecular formula is C20H27N3O4. The quantitative estimate of drug-likeness (QED) is 0.634. The van der Waals surface area contributed by atoms with Crippen LogP contribution in [0.4, 0.5) is 5.69 Å². The van der Waals surface area contributed by atoms with Crippen LogP contribution in [-0.4, -0.2) is 43.5 Å². The van der Waals surface area contributed by atoms with Gasteiger partial charge in [0.05, 0.1) is 13.5 Å². The number of anilines is 1. The van der Waals surface area contributed by atoms with Gasteiger partial charge < -0.3 is 20.7 Å². The number of amides is 2. The van der Waals surface area contributed by atoms with E-state index >= 15 is 0 Å². The molecule has 2 bridgehead atoms. The Morgan fingerprint density at radius 1 is 1.11 bits per heavy atom. The molecule has 2 saturated heterocycles. The van der Waals surface area contributed by atoms with E-state index in [1.54, 1.807) is 24.3 Å². The van der Waals surface area contributed by atoms with E-state index < -0.39 is 0 Å². The first kappa shape index (κ1) is 19.4. The number of methoxy groups -OCH3 is 1. The molecule has 2 unspecified atom stereocenters. The van der Waals surface area contributed by atoms with Crippen LogP contribution in [0.2, 0.25) is 0 Å². The van der Waals surface area contributed by atoms with Crippen LogP contribution in [0.25, 0.3) is 0 Å². The van der Waals surface area contributed by atoms with E-state index in [1.165, 1.54) is 20.0 Å². The summed E-state index contributed by atoms with van der Waals surface area (Å²) in [5.74, 6) is -0.155. The van der Waals surface area contributed by atoms with Gasteiger partial charge in [-0.25, -0.2) is 0 Å². The van der Waals surface area contributed by atoms with Gasteiger partial charge in [-0.05, 0) is 55.9 Å². The van der Waals surface area contributed by atoms with Crippen LogP contribution in [0.1, 0.15) is 48.9 Å². The van der Waals surface area contributed by atoms with Crippen molar-refractivity contribution in [3.63, 3.8) is 0 Å². The van der Waals surface area contributed by atoms with Gasteiger partial charge in [0.25, 0.3) is 5.91 Å². The molecule has 3 rings (SSSR count). The van der Waals surface area contributed by atoms with Gasteiger partial charge in [0.2, 0.25) is 5.91 Å². The highest BCUT2D eigenvalue weighted by Crippen LogP contribution is 2.32. The van der Waals surface area contributed by atoms with Crippen molar-refractivity contribution >= 4 is 23.5 Å².